The second kappa shape index (κ2) is 8.22. The van der Waals surface area contributed by atoms with Crippen LogP contribution in [-0.4, -0.2) is 29.9 Å². The minimum Gasteiger partial charge on any atom is -0.497 e. The van der Waals surface area contributed by atoms with E-state index in [1.54, 1.807) is 50.6 Å². The van der Waals surface area contributed by atoms with E-state index in [-0.39, 0.29) is 24.6 Å². The molecule has 1 amide bonds. The minimum absolute atomic E-state index is 0.209. The Kier molecular flexibility index (Phi) is 5.55. The van der Waals surface area contributed by atoms with Crippen molar-refractivity contribution in [2.75, 3.05) is 14.2 Å². The molecule has 3 aromatic rings. The summed E-state index contributed by atoms with van der Waals surface area (Å²) in [6, 6.07) is 11.7. The maximum Gasteiger partial charge on any atom is 0.267 e. The van der Waals surface area contributed by atoms with Crippen LogP contribution in [0.3, 0.4) is 0 Å². The number of amides is 1. The number of nitrogens with zero attached hydrogens (tertiary/aromatic N) is 2. The molecule has 2 heterocycles. The molecule has 0 aliphatic carbocycles. The number of benzene rings is 1. The normalized spacial score (nSPS) is 10.4. The molecule has 0 aliphatic heterocycles. The van der Waals surface area contributed by atoms with Gasteiger partial charge >= 0.3 is 0 Å². The van der Waals surface area contributed by atoms with E-state index >= 15 is 0 Å². The summed E-state index contributed by atoms with van der Waals surface area (Å²) >= 11 is 0. The first-order chi connectivity index (χ1) is 13.1. The van der Waals surface area contributed by atoms with Gasteiger partial charge in [0.2, 0.25) is 5.91 Å². The Morgan fingerprint density at radius 2 is 2.04 bits per heavy atom. The number of aromatic nitrogens is 2. The number of methoxy groups -OCH3 is 2. The summed E-state index contributed by atoms with van der Waals surface area (Å²) in [6.07, 6.45) is 1.53. The van der Waals surface area contributed by atoms with Gasteiger partial charge in [0, 0.05) is 11.6 Å². The SMILES string of the molecule is COc1ccc(OC)c(-c2ccc(=O)n(CC(=O)NCc3ccco3)n2)c1. The molecule has 0 spiro atoms. The first-order valence-corrected chi connectivity index (χ1v) is 8.20. The fourth-order valence-corrected chi connectivity index (χ4v) is 2.51. The van der Waals surface area contributed by atoms with Crippen LogP contribution in [-0.2, 0) is 17.9 Å². The Bertz CT molecular complexity index is 979. The van der Waals surface area contributed by atoms with E-state index in [9.17, 15) is 9.59 Å². The van der Waals surface area contributed by atoms with Gasteiger partial charge in [-0.2, -0.15) is 5.10 Å². The Morgan fingerprint density at radius 3 is 2.74 bits per heavy atom. The maximum atomic E-state index is 12.1. The smallest absolute Gasteiger partial charge is 0.267 e. The summed E-state index contributed by atoms with van der Waals surface area (Å²) in [7, 11) is 3.10. The van der Waals surface area contributed by atoms with E-state index in [1.165, 1.54) is 12.3 Å². The lowest BCUT2D eigenvalue weighted by atomic mass is 10.1. The van der Waals surface area contributed by atoms with Crippen molar-refractivity contribution in [2.24, 2.45) is 0 Å². The highest BCUT2D eigenvalue weighted by molar-refractivity contribution is 5.75. The number of carbonyl (C=O) groups excluding carboxylic acids is 1. The molecule has 27 heavy (non-hydrogen) atoms. The third-order valence-corrected chi connectivity index (χ3v) is 3.88. The summed E-state index contributed by atoms with van der Waals surface area (Å²) in [6.45, 7) is 0.0314. The molecule has 0 saturated heterocycles. The number of hydrogen-bond donors (Lipinski definition) is 1. The lowest BCUT2D eigenvalue weighted by Gasteiger charge is -2.11. The van der Waals surface area contributed by atoms with Gasteiger partial charge in [0.1, 0.15) is 23.8 Å². The van der Waals surface area contributed by atoms with Crippen molar-refractivity contribution in [2.45, 2.75) is 13.1 Å². The third-order valence-electron chi connectivity index (χ3n) is 3.88. The summed E-state index contributed by atoms with van der Waals surface area (Å²) in [4.78, 5) is 24.2. The van der Waals surface area contributed by atoms with E-state index in [1.807, 2.05) is 0 Å². The van der Waals surface area contributed by atoms with Crippen molar-refractivity contribution >= 4 is 5.91 Å². The molecule has 0 bridgehead atoms. The highest BCUT2D eigenvalue weighted by Crippen LogP contribution is 2.31. The van der Waals surface area contributed by atoms with Gasteiger partial charge in [-0.3, -0.25) is 9.59 Å². The fourth-order valence-electron chi connectivity index (χ4n) is 2.51. The van der Waals surface area contributed by atoms with Gasteiger partial charge in [0.15, 0.2) is 0 Å². The molecule has 0 atom stereocenters. The molecule has 3 rings (SSSR count). The van der Waals surface area contributed by atoms with Crippen molar-refractivity contribution in [3.63, 3.8) is 0 Å². The first-order valence-electron chi connectivity index (χ1n) is 8.20. The number of ether oxygens (including phenoxy) is 2. The topological polar surface area (TPSA) is 95.6 Å². The van der Waals surface area contributed by atoms with E-state index in [2.05, 4.69) is 10.4 Å². The van der Waals surface area contributed by atoms with Gasteiger partial charge in [0.25, 0.3) is 5.56 Å². The molecule has 140 valence electrons. The van der Waals surface area contributed by atoms with Gasteiger partial charge < -0.3 is 19.2 Å². The summed E-state index contributed by atoms with van der Waals surface area (Å²) < 4.78 is 16.9. The van der Waals surface area contributed by atoms with Gasteiger partial charge in [0.05, 0.1) is 32.7 Å². The van der Waals surface area contributed by atoms with Crippen molar-refractivity contribution in [3.8, 4) is 22.8 Å². The first kappa shape index (κ1) is 18.2. The number of furan rings is 1. The van der Waals surface area contributed by atoms with E-state index in [0.717, 1.165) is 4.68 Å². The zero-order valence-electron chi connectivity index (χ0n) is 15.0. The molecule has 8 nitrogen and oxygen atoms in total. The number of carbonyl (C=O) groups is 1. The van der Waals surface area contributed by atoms with Crippen LogP contribution in [0.1, 0.15) is 5.76 Å². The highest BCUT2D eigenvalue weighted by atomic mass is 16.5. The van der Waals surface area contributed by atoms with Crippen molar-refractivity contribution in [1.29, 1.82) is 0 Å². The summed E-state index contributed by atoms with van der Waals surface area (Å²) in [5.41, 5.74) is 0.763. The Balaban J connectivity index is 1.82. The van der Waals surface area contributed by atoms with E-state index < -0.39 is 0 Å². The molecule has 1 N–H and O–H groups in total. The molecular formula is C19H19N3O5. The molecular weight excluding hydrogens is 350 g/mol. The summed E-state index contributed by atoms with van der Waals surface area (Å²) in [5, 5.41) is 6.98. The average Bonchev–Trinajstić information content (AvgIpc) is 3.21. The second-order valence-corrected chi connectivity index (χ2v) is 5.64. The zero-order chi connectivity index (χ0) is 19.2. The molecule has 8 heteroatoms. The monoisotopic (exact) mass is 369 g/mol. The van der Waals surface area contributed by atoms with Crippen LogP contribution in [0.2, 0.25) is 0 Å². The van der Waals surface area contributed by atoms with Gasteiger partial charge in [-0.25, -0.2) is 4.68 Å². The Hall–Kier alpha value is -3.55. The fraction of sp³-hybridized carbons (Fsp3) is 0.211. The Labute approximate surface area is 155 Å². The van der Waals surface area contributed by atoms with Crippen LogP contribution >= 0.6 is 0 Å². The van der Waals surface area contributed by atoms with Crippen LogP contribution < -0.4 is 20.3 Å². The molecule has 0 aliphatic rings. The Morgan fingerprint density at radius 1 is 1.19 bits per heavy atom. The molecule has 0 unspecified atom stereocenters. The predicted molar refractivity (Wildman–Crippen MR) is 97.6 cm³/mol. The van der Waals surface area contributed by atoms with Crippen molar-refractivity contribution < 1.29 is 18.7 Å². The molecule has 0 radical (unpaired) electrons. The summed E-state index contributed by atoms with van der Waals surface area (Å²) in [5.74, 6) is 1.48. The number of hydrogen-bond acceptors (Lipinski definition) is 6. The van der Waals surface area contributed by atoms with Crippen LogP contribution in [0.25, 0.3) is 11.3 Å². The van der Waals surface area contributed by atoms with Crippen LogP contribution in [0.5, 0.6) is 11.5 Å². The zero-order valence-corrected chi connectivity index (χ0v) is 15.0. The van der Waals surface area contributed by atoms with E-state index in [4.69, 9.17) is 13.9 Å². The maximum absolute atomic E-state index is 12.1. The van der Waals surface area contributed by atoms with Gasteiger partial charge in [-0.1, -0.05) is 0 Å². The van der Waals surface area contributed by atoms with Crippen LogP contribution in [0.15, 0.2) is 57.9 Å². The quantitative estimate of drug-likeness (QED) is 0.683. The third kappa shape index (κ3) is 4.35. The highest BCUT2D eigenvalue weighted by Gasteiger charge is 2.12. The molecule has 2 aromatic heterocycles. The largest absolute Gasteiger partial charge is 0.497 e. The van der Waals surface area contributed by atoms with Crippen LogP contribution in [0, 0.1) is 0 Å². The molecule has 0 fully saturated rings. The lowest BCUT2D eigenvalue weighted by molar-refractivity contribution is -0.122. The average molecular weight is 369 g/mol. The van der Waals surface area contributed by atoms with Gasteiger partial charge in [-0.05, 0) is 36.4 Å². The second-order valence-electron chi connectivity index (χ2n) is 5.64. The number of rotatable bonds is 7. The van der Waals surface area contributed by atoms with E-state index in [0.29, 0.717) is 28.5 Å². The molecule has 1 aromatic carbocycles. The van der Waals surface area contributed by atoms with Gasteiger partial charge in [-0.15, -0.1) is 0 Å². The lowest BCUT2D eigenvalue weighted by Crippen LogP contribution is -2.33. The molecule has 0 saturated carbocycles. The standard InChI is InChI=1S/C19H19N3O5/c1-25-13-5-7-17(26-2)15(10-13)16-6-8-19(24)22(21-16)12-18(23)20-11-14-4-3-9-27-14/h3-10H,11-12H2,1-2H3,(H,20,23). The van der Waals surface area contributed by atoms with Crippen molar-refractivity contribution in [3.05, 3.63) is 64.8 Å². The minimum atomic E-state index is -0.381. The predicted octanol–water partition coefficient (Wildman–Crippen LogP) is 1.84. The number of nitrogens with one attached hydrogen (secondary N) is 1. The van der Waals surface area contributed by atoms with Crippen molar-refractivity contribution in [1.82, 2.24) is 15.1 Å². The van der Waals surface area contributed by atoms with Crippen LogP contribution in [0.4, 0.5) is 0 Å².